The van der Waals surface area contributed by atoms with Crippen LogP contribution in [-0.2, 0) is 0 Å². The first-order chi connectivity index (χ1) is 8.13. The number of allylic oxidation sites excluding steroid dienone is 6. The lowest BCUT2D eigenvalue weighted by Crippen LogP contribution is -2.01. The van der Waals surface area contributed by atoms with E-state index >= 15 is 0 Å². The van der Waals surface area contributed by atoms with Gasteiger partial charge in [-0.2, -0.15) is 0 Å². The Kier molecular flexibility index (Phi) is 6.32. The fourth-order valence-corrected chi connectivity index (χ4v) is 2.52. The molecule has 0 fully saturated rings. The largest absolute Gasteiger partial charge is 0.0853 e. The Morgan fingerprint density at radius 1 is 1.00 bits per heavy atom. The lowest BCUT2D eigenvalue weighted by Gasteiger charge is -2.16. The molecule has 1 aliphatic rings. The van der Waals surface area contributed by atoms with Crippen LogP contribution < -0.4 is 0 Å². The van der Waals surface area contributed by atoms with Crippen LogP contribution in [0.15, 0.2) is 34.9 Å². The quantitative estimate of drug-likeness (QED) is 0.500. The van der Waals surface area contributed by atoms with Gasteiger partial charge < -0.3 is 0 Å². The SMILES string of the molecule is CCC1CC/C(C)=C\CC/C(C)=C\CC=C1C. The third kappa shape index (κ3) is 5.39. The second-order valence-electron chi connectivity index (χ2n) is 5.47. The van der Waals surface area contributed by atoms with E-state index in [0.29, 0.717) is 0 Å². The Morgan fingerprint density at radius 2 is 1.71 bits per heavy atom. The van der Waals surface area contributed by atoms with Crippen LogP contribution >= 0.6 is 0 Å². The van der Waals surface area contributed by atoms with Gasteiger partial charge in [0.15, 0.2) is 0 Å². The van der Waals surface area contributed by atoms with Crippen LogP contribution in [0.3, 0.4) is 0 Å². The molecule has 0 heteroatoms. The Bertz CT molecular complexity index is 315. The van der Waals surface area contributed by atoms with Crippen molar-refractivity contribution in [2.45, 2.75) is 66.2 Å². The van der Waals surface area contributed by atoms with Gasteiger partial charge in [-0.1, -0.05) is 41.9 Å². The van der Waals surface area contributed by atoms with Crippen molar-refractivity contribution in [3.05, 3.63) is 34.9 Å². The molecular formula is C17H28. The first kappa shape index (κ1) is 14.3. The average Bonchev–Trinajstić information content (AvgIpc) is 2.28. The summed E-state index contributed by atoms with van der Waals surface area (Å²) in [5, 5.41) is 0. The monoisotopic (exact) mass is 232 g/mol. The standard InChI is InChI=1S/C17H28/c1-5-17-13-12-15(3)9-6-8-14(2)10-7-11-16(17)4/h9-11,17H,5-8,12-13H2,1-4H3/b14-10-,15-9-,16-11?. The van der Waals surface area contributed by atoms with E-state index in [1.54, 1.807) is 11.1 Å². The smallest absolute Gasteiger partial charge is 0.0164 e. The number of rotatable bonds is 1. The first-order valence-electron chi connectivity index (χ1n) is 7.11. The van der Waals surface area contributed by atoms with Gasteiger partial charge in [-0.25, -0.2) is 0 Å². The summed E-state index contributed by atoms with van der Waals surface area (Å²) in [6.07, 6.45) is 14.7. The van der Waals surface area contributed by atoms with Crippen LogP contribution in [-0.4, -0.2) is 0 Å². The molecule has 0 spiro atoms. The molecule has 0 N–H and O–H groups in total. The van der Waals surface area contributed by atoms with Crippen molar-refractivity contribution in [3.63, 3.8) is 0 Å². The van der Waals surface area contributed by atoms with Crippen molar-refractivity contribution in [2.75, 3.05) is 0 Å². The molecule has 0 aromatic carbocycles. The summed E-state index contributed by atoms with van der Waals surface area (Å²) >= 11 is 0. The Balaban J connectivity index is 2.78. The summed E-state index contributed by atoms with van der Waals surface area (Å²) in [5.41, 5.74) is 4.70. The van der Waals surface area contributed by atoms with Gasteiger partial charge in [0.2, 0.25) is 0 Å². The van der Waals surface area contributed by atoms with Gasteiger partial charge in [0.05, 0.1) is 0 Å². The topological polar surface area (TPSA) is 0 Å². The molecular weight excluding hydrogens is 204 g/mol. The van der Waals surface area contributed by atoms with Crippen LogP contribution in [0.4, 0.5) is 0 Å². The van der Waals surface area contributed by atoms with E-state index in [0.717, 1.165) is 12.3 Å². The average molecular weight is 232 g/mol. The van der Waals surface area contributed by atoms with Crippen LogP contribution in [0.1, 0.15) is 66.2 Å². The molecule has 1 atom stereocenters. The van der Waals surface area contributed by atoms with Crippen LogP contribution in [0.5, 0.6) is 0 Å². The Hall–Kier alpha value is -0.780. The molecule has 0 saturated carbocycles. The molecule has 0 amide bonds. The maximum atomic E-state index is 2.44. The van der Waals surface area contributed by atoms with Crippen molar-refractivity contribution in [1.82, 2.24) is 0 Å². The molecule has 0 aliphatic heterocycles. The number of hydrogen-bond acceptors (Lipinski definition) is 0. The van der Waals surface area contributed by atoms with E-state index in [-0.39, 0.29) is 0 Å². The summed E-state index contributed by atoms with van der Waals surface area (Å²) in [7, 11) is 0. The maximum absolute atomic E-state index is 2.44. The zero-order valence-corrected chi connectivity index (χ0v) is 12.1. The van der Waals surface area contributed by atoms with Crippen LogP contribution in [0, 0.1) is 5.92 Å². The molecule has 96 valence electrons. The molecule has 0 nitrogen and oxygen atoms in total. The lowest BCUT2D eigenvalue weighted by atomic mass is 9.89. The van der Waals surface area contributed by atoms with Gasteiger partial charge in [0.25, 0.3) is 0 Å². The van der Waals surface area contributed by atoms with Gasteiger partial charge in [-0.3, -0.25) is 0 Å². The molecule has 0 radical (unpaired) electrons. The van der Waals surface area contributed by atoms with Crippen molar-refractivity contribution in [2.24, 2.45) is 5.92 Å². The second-order valence-corrected chi connectivity index (χ2v) is 5.47. The lowest BCUT2D eigenvalue weighted by molar-refractivity contribution is 0.538. The predicted octanol–water partition coefficient (Wildman–Crippen LogP) is 5.82. The molecule has 1 unspecified atom stereocenters. The summed E-state index contributed by atoms with van der Waals surface area (Å²) in [6.45, 7) is 9.17. The minimum absolute atomic E-state index is 0.784. The fraction of sp³-hybridized carbons (Fsp3) is 0.647. The highest BCUT2D eigenvalue weighted by molar-refractivity contribution is 5.11. The highest BCUT2D eigenvalue weighted by Gasteiger charge is 2.08. The maximum Gasteiger partial charge on any atom is -0.0164 e. The summed E-state index contributed by atoms with van der Waals surface area (Å²) < 4.78 is 0. The second kappa shape index (κ2) is 7.53. The molecule has 0 bridgehead atoms. The highest BCUT2D eigenvalue weighted by atomic mass is 14.1. The van der Waals surface area contributed by atoms with Crippen LogP contribution in [0.2, 0.25) is 0 Å². The van der Waals surface area contributed by atoms with Crippen molar-refractivity contribution in [3.8, 4) is 0 Å². The van der Waals surface area contributed by atoms with Crippen molar-refractivity contribution < 1.29 is 0 Å². The van der Waals surface area contributed by atoms with E-state index < -0.39 is 0 Å². The van der Waals surface area contributed by atoms with Gasteiger partial charge in [0, 0.05) is 0 Å². The van der Waals surface area contributed by atoms with E-state index in [1.165, 1.54) is 37.7 Å². The predicted molar refractivity (Wildman–Crippen MR) is 78.1 cm³/mol. The van der Waals surface area contributed by atoms with E-state index in [4.69, 9.17) is 0 Å². The fourth-order valence-electron chi connectivity index (χ4n) is 2.52. The zero-order chi connectivity index (χ0) is 12.7. The zero-order valence-electron chi connectivity index (χ0n) is 12.1. The molecule has 1 rings (SSSR count). The molecule has 1 aliphatic carbocycles. The summed E-state index contributed by atoms with van der Waals surface area (Å²) in [6, 6.07) is 0. The molecule has 0 aromatic heterocycles. The van der Waals surface area contributed by atoms with Crippen LogP contribution in [0.25, 0.3) is 0 Å². The van der Waals surface area contributed by atoms with E-state index in [9.17, 15) is 0 Å². The minimum atomic E-state index is 0.784. The third-order valence-electron chi connectivity index (χ3n) is 3.96. The summed E-state index contributed by atoms with van der Waals surface area (Å²) in [5.74, 6) is 0.784. The van der Waals surface area contributed by atoms with Gasteiger partial charge in [-0.05, 0) is 65.2 Å². The Morgan fingerprint density at radius 3 is 2.41 bits per heavy atom. The van der Waals surface area contributed by atoms with E-state index in [2.05, 4.69) is 45.9 Å². The molecule has 0 aromatic rings. The van der Waals surface area contributed by atoms with Gasteiger partial charge in [-0.15, -0.1) is 0 Å². The van der Waals surface area contributed by atoms with Crippen molar-refractivity contribution in [1.29, 1.82) is 0 Å². The molecule has 0 saturated heterocycles. The van der Waals surface area contributed by atoms with Crippen molar-refractivity contribution >= 4 is 0 Å². The normalized spacial score (nSPS) is 30.1. The first-order valence-corrected chi connectivity index (χ1v) is 7.11. The Labute approximate surface area is 108 Å². The molecule has 17 heavy (non-hydrogen) atoms. The van der Waals surface area contributed by atoms with Gasteiger partial charge in [0.1, 0.15) is 0 Å². The number of hydrogen-bond donors (Lipinski definition) is 0. The molecule has 0 heterocycles. The third-order valence-corrected chi connectivity index (χ3v) is 3.96. The van der Waals surface area contributed by atoms with E-state index in [1.807, 2.05) is 0 Å². The minimum Gasteiger partial charge on any atom is -0.0853 e. The summed E-state index contributed by atoms with van der Waals surface area (Å²) in [4.78, 5) is 0. The van der Waals surface area contributed by atoms with Gasteiger partial charge >= 0.3 is 0 Å². The highest BCUT2D eigenvalue weighted by Crippen LogP contribution is 2.24.